The molecule has 0 bridgehead atoms. The van der Waals surface area contributed by atoms with Gasteiger partial charge in [0.25, 0.3) is 0 Å². The summed E-state index contributed by atoms with van der Waals surface area (Å²) in [7, 11) is 0. The SMILES string of the molecule is CC1(C)OC(F)O1. The average Bonchev–Trinajstić information content (AvgIpc) is 1.27. The summed E-state index contributed by atoms with van der Waals surface area (Å²) in [6.45, 7) is 1.82. The Labute approximate surface area is 41.2 Å². The molecule has 1 aliphatic heterocycles. The van der Waals surface area contributed by atoms with Crippen LogP contribution in [0.15, 0.2) is 0 Å². The van der Waals surface area contributed by atoms with Crippen LogP contribution in [0.2, 0.25) is 0 Å². The highest BCUT2D eigenvalue weighted by molar-refractivity contribution is 4.59. The molecule has 1 saturated heterocycles. The van der Waals surface area contributed by atoms with Gasteiger partial charge in [0, 0.05) is 0 Å². The van der Waals surface area contributed by atoms with Crippen LogP contribution in [-0.2, 0) is 9.47 Å². The third-order valence-electron chi connectivity index (χ3n) is 0.753. The second-order valence-corrected chi connectivity index (χ2v) is 1.91. The summed E-state index contributed by atoms with van der Waals surface area (Å²) in [5.74, 6) is -0.681. The van der Waals surface area contributed by atoms with E-state index in [0.717, 1.165) is 0 Å². The van der Waals surface area contributed by atoms with E-state index < -0.39 is 12.3 Å². The van der Waals surface area contributed by atoms with Gasteiger partial charge in [0.15, 0.2) is 5.79 Å². The molecule has 3 heteroatoms. The lowest BCUT2D eigenvalue weighted by Gasteiger charge is -2.37. The number of hydrogen-bond donors (Lipinski definition) is 0. The van der Waals surface area contributed by atoms with Crippen molar-refractivity contribution in [2.24, 2.45) is 0 Å². The Balaban J connectivity index is 2.29. The Morgan fingerprint density at radius 3 is 1.86 bits per heavy atom. The average molecular weight is 106 g/mol. The van der Waals surface area contributed by atoms with E-state index in [1.165, 1.54) is 0 Å². The molecule has 0 amide bonds. The van der Waals surface area contributed by atoms with Gasteiger partial charge in [0.1, 0.15) is 0 Å². The van der Waals surface area contributed by atoms with Crippen LogP contribution in [0, 0.1) is 0 Å². The van der Waals surface area contributed by atoms with Crippen LogP contribution in [0.1, 0.15) is 13.8 Å². The molecule has 0 aliphatic carbocycles. The predicted octanol–water partition coefficient (Wildman–Crippen LogP) is 1.02. The fourth-order valence-corrected chi connectivity index (χ4v) is 0.455. The van der Waals surface area contributed by atoms with Crippen molar-refractivity contribution in [3.63, 3.8) is 0 Å². The molecule has 2 nitrogen and oxygen atoms in total. The highest BCUT2D eigenvalue weighted by Crippen LogP contribution is 2.27. The molecular formula is C4H7FO2. The summed E-state index contributed by atoms with van der Waals surface area (Å²) in [4.78, 5) is 0. The van der Waals surface area contributed by atoms with Crippen LogP contribution >= 0.6 is 0 Å². The molecule has 1 rings (SSSR count). The van der Waals surface area contributed by atoms with Crippen molar-refractivity contribution in [2.75, 3.05) is 0 Å². The third-order valence-corrected chi connectivity index (χ3v) is 0.753. The topological polar surface area (TPSA) is 18.5 Å². The maximum absolute atomic E-state index is 11.6. The molecular weight excluding hydrogens is 99.0 g/mol. The zero-order valence-electron chi connectivity index (χ0n) is 4.27. The van der Waals surface area contributed by atoms with Crippen LogP contribution in [0.3, 0.4) is 0 Å². The fraction of sp³-hybridized carbons (Fsp3) is 1.00. The van der Waals surface area contributed by atoms with E-state index in [2.05, 4.69) is 9.47 Å². The molecule has 0 radical (unpaired) electrons. The molecule has 7 heavy (non-hydrogen) atoms. The minimum Gasteiger partial charge on any atom is -0.294 e. The van der Waals surface area contributed by atoms with Crippen molar-refractivity contribution in [3.8, 4) is 0 Å². The zero-order valence-corrected chi connectivity index (χ0v) is 4.27. The minimum absolute atomic E-state index is 0.681. The van der Waals surface area contributed by atoms with E-state index in [4.69, 9.17) is 0 Å². The van der Waals surface area contributed by atoms with E-state index in [0.29, 0.717) is 0 Å². The lowest BCUT2D eigenvalue weighted by Crippen LogP contribution is -2.46. The van der Waals surface area contributed by atoms with Gasteiger partial charge in [0.05, 0.1) is 0 Å². The largest absolute Gasteiger partial charge is 0.314 e. The van der Waals surface area contributed by atoms with Gasteiger partial charge in [-0.1, -0.05) is 0 Å². The first-order valence-corrected chi connectivity index (χ1v) is 2.10. The van der Waals surface area contributed by atoms with Crippen molar-refractivity contribution >= 4 is 0 Å². The Morgan fingerprint density at radius 1 is 1.43 bits per heavy atom. The normalized spacial score (nSPS) is 29.6. The van der Waals surface area contributed by atoms with Crippen LogP contribution in [-0.4, -0.2) is 12.3 Å². The van der Waals surface area contributed by atoms with Gasteiger partial charge in [-0.25, -0.2) is 0 Å². The van der Waals surface area contributed by atoms with Crippen LogP contribution < -0.4 is 0 Å². The summed E-state index contributed by atoms with van der Waals surface area (Å²) in [5.41, 5.74) is 0. The maximum atomic E-state index is 11.6. The van der Waals surface area contributed by atoms with E-state index >= 15 is 0 Å². The van der Waals surface area contributed by atoms with Gasteiger partial charge in [-0.2, -0.15) is 4.39 Å². The Morgan fingerprint density at radius 2 is 1.86 bits per heavy atom. The van der Waals surface area contributed by atoms with Gasteiger partial charge in [-0.15, -0.1) is 0 Å². The first kappa shape index (κ1) is 5.00. The van der Waals surface area contributed by atoms with E-state index in [-0.39, 0.29) is 0 Å². The van der Waals surface area contributed by atoms with Crippen LogP contribution in [0.4, 0.5) is 4.39 Å². The first-order chi connectivity index (χ1) is 3.10. The van der Waals surface area contributed by atoms with Crippen LogP contribution in [0.5, 0.6) is 0 Å². The number of ether oxygens (including phenoxy) is 2. The molecule has 0 spiro atoms. The first-order valence-electron chi connectivity index (χ1n) is 2.10. The lowest BCUT2D eigenvalue weighted by molar-refractivity contribution is -0.477. The Kier molecular flexibility index (Phi) is 0.834. The van der Waals surface area contributed by atoms with E-state index in [9.17, 15) is 4.39 Å². The molecule has 1 fully saturated rings. The molecule has 0 aromatic rings. The van der Waals surface area contributed by atoms with Crippen molar-refractivity contribution < 1.29 is 13.9 Å². The standard InChI is InChI=1S/C4H7FO2/c1-4(2)6-3(5)7-4/h3H,1-2H3. The molecule has 0 saturated carbocycles. The van der Waals surface area contributed by atoms with E-state index in [1.807, 2.05) is 0 Å². The van der Waals surface area contributed by atoms with Crippen LogP contribution in [0.25, 0.3) is 0 Å². The number of alkyl halides is 1. The summed E-state index contributed by atoms with van der Waals surface area (Å²) < 4.78 is 20.4. The van der Waals surface area contributed by atoms with Gasteiger partial charge in [0.2, 0.25) is 0 Å². The summed E-state index contributed by atoms with van der Waals surface area (Å²) in [5, 5.41) is 0. The van der Waals surface area contributed by atoms with Crippen molar-refractivity contribution in [1.29, 1.82) is 0 Å². The maximum Gasteiger partial charge on any atom is 0.314 e. The third kappa shape index (κ3) is 0.894. The van der Waals surface area contributed by atoms with Gasteiger partial charge >= 0.3 is 6.54 Å². The number of hydrogen-bond acceptors (Lipinski definition) is 2. The van der Waals surface area contributed by atoms with Gasteiger partial charge < -0.3 is 0 Å². The predicted molar refractivity (Wildman–Crippen MR) is 21.1 cm³/mol. The zero-order chi connectivity index (χ0) is 5.49. The highest BCUT2D eigenvalue weighted by Gasteiger charge is 2.38. The fourth-order valence-electron chi connectivity index (χ4n) is 0.455. The highest BCUT2D eigenvalue weighted by atomic mass is 19.2. The number of rotatable bonds is 0. The summed E-state index contributed by atoms with van der Waals surface area (Å²) in [6, 6.07) is 0. The Bertz CT molecular complexity index is 73.8. The van der Waals surface area contributed by atoms with Gasteiger partial charge in [-0.05, 0) is 13.8 Å². The second kappa shape index (κ2) is 1.17. The van der Waals surface area contributed by atoms with Crippen molar-refractivity contribution in [2.45, 2.75) is 26.2 Å². The molecule has 0 unspecified atom stereocenters. The monoisotopic (exact) mass is 106 g/mol. The molecule has 0 atom stereocenters. The molecule has 1 aliphatic rings. The minimum atomic E-state index is -1.49. The molecule has 0 aromatic heterocycles. The lowest BCUT2D eigenvalue weighted by atomic mass is 10.3. The molecule has 1 heterocycles. The smallest absolute Gasteiger partial charge is 0.294 e. The molecule has 0 aromatic carbocycles. The molecule has 42 valence electrons. The second-order valence-electron chi connectivity index (χ2n) is 1.91. The number of halogens is 1. The van der Waals surface area contributed by atoms with Gasteiger partial charge in [-0.3, -0.25) is 9.47 Å². The quantitative estimate of drug-likeness (QED) is 0.459. The summed E-state index contributed by atoms with van der Waals surface area (Å²) >= 11 is 0. The Hall–Kier alpha value is -0.150. The van der Waals surface area contributed by atoms with E-state index in [1.54, 1.807) is 13.8 Å². The van der Waals surface area contributed by atoms with Crippen molar-refractivity contribution in [1.82, 2.24) is 0 Å². The molecule has 0 N–H and O–H groups in total. The van der Waals surface area contributed by atoms with Crippen molar-refractivity contribution in [3.05, 3.63) is 0 Å². The summed E-state index contributed by atoms with van der Waals surface area (Å²) in [6.07, 6.45) is 0.